The number of amides is 2. The Labute approximate surface area is 178 Å². The fourth-order valence-corrected chi connectivity index (χ4v) is 3.50. The molecule has 0 radical (unpaired) electrons. The first-order chi connectivity index (χ1) is 14.7. The Balaban J connectivity index is 1.39. The van der Waals surface area contributed by atoms with Gasteiger partial charge in [-0.25, -0.2) is 0 Å². The van der Waals surface area contributed by atoms with Gasteiger partial charge in [-0.15, -0.1) is 0 Å². The molecule has 166 valence electrons. The Morgan fingerprint density at radius 1 is 0.968 bits per heavy atom. The number of carbonyl (C=O) groups is 2. The molecule has 3 N–H and O–H groups in total. The van der Waals surface area contributed by atoms with Crippen molar-refractivity contribution in [2.75, 3.05) is 44.2 Å². The van der Waals surface area contributed by atoms with E-state index in [1.165, 1.54) is 24.3 Å². The molecule has 0 bridgehead atoms. The first kappa shape index (κ1) is 22.6. The summed E-state index contributed by atoms with van der Waals surface area (Å²) in [7, 11) is 0. The molecule has 0 saturated carbocycles. The first-order valence-electron chi connectivity index (χ1n) is 10.1. The van der Waals surface area contributed by atoms with Gasteiger partial charge in [-0.2, -0.15) is 13.2 Å². The smallest absolute Gasteiger partial charge is 0.369 e. The van der Waals surface area contributed by atoms with E-state index in [1.54, 1.807) is 18.2 Å². The lowest BCUT2D eigenvalue weighted by Crippen LogP contribution is -2.47. The highest BCUT2D eigenvalue weighted by Crippen LogP contribution is 2.31. The fourth-order valence-electron chi connectivity index (χ4n) is 3.50. The average Bonchev–Trinajstić information content (AvgIpc) is 2.76. The summed E-state index contributed by atoms with van der Waals surface area (Å²) < 4.78 is 38.7. The molecule has 2 aromatic rings. The number of nitrogens with zero attached hydrogens (tertiary/aromatic N) is 2. The molecule has 0 atom stereocenters. The van der Waals surface area contributed by atoms with Gasteiger partial charge >= 0.3 is 6.18 Å². The van der Waals surface area contributed by atoms with Crippen LogP contribution < -0.4 is 16.0 Å². The molecule has 2 aromatic carbocycles. The normalized spacial score (nSPS) is 15.0. The van der Waals surface area contributed by atoms with Gasteiger partial charge in [0.1, 0.15) is 0 Å². The van der Waals surface area contributed by atoms with E-state index in [9.17, 15) is 22.8 Å². The molecule has 1 saturated heterocycles. The van der Waals surface area contributed by atoms with Crippen LogP contribution >= 0.6 is 0 Å². The number of carbonyl (C=O) groups excluding carboxylic acids is 2. The molecule has 2 amide bonds. The summed E-state index contributed by atoms with van der Waals surface area (Å²) in [6.45, 7) is 4.10. The molecule has 0 aromatic heterocycles. The highest BCUT2D eigenvalue weighted by molar-refractivity contribution is 5.97. The molecule has 9 heteroatoms. The summed E-state index contributed by atoms with van der Waals surface area (Å²) in [5.41, 5.74) is 5.94. The second kappa shape index (κ2) is 9.82. The average molecular weight is 434 g/mol. The van der Waals surface area contributed by atoms with Crippen molar-refractivity contribution in [3.63, 3.8) is 0 Å². The van der Waals surface area contributed by atoms with Crippen molar-refractivity contribution in [3.8, 4) is 0 Å². The minimum atomic E-state index is -4.34. The zero-order valence-electron chi connectivity index (χ0n) is 17.0. The number of nitrogens with one attached hydrogen (secondary N) is 1. The van der Waals surface area contributed by atoms with E-state index in [-0.39, 0.29) is 5.91 Å². The van der Waals surface area contributed by atoms with Crippen LogP contribution in [0.5, 0.6) is 0 Å². The summed E-state index contributed by atoms with van der Waals surface area (Å²) in [4.78, 5) is 27.4. The Kier molecular flexibility index (Phi) is 7.17. The lowest BCUT2D eigenvalue weighted by atomic mass is 10.1. The van der Waals surface area contributed by atoms with Crippen molar-refractivity contribution >= 4 is 17.5 Å². The number of piperazine rings is 1. The van der Waals surface area contributed by atoms with E-state index in [1.807, 2.05) is 4.90 Å². The third-order valence-corrected chi connectivity index (χ3v) is 5.28. The van der Waals surface area contributed by atoms with Crippen LogP contribution in [-0.2, 0) is 6.18 Å². The van der Waals surface area contributed by atoms with Gasteiger partial charge in [-0.1, -0.05) is 6.07 Å². The molecular weight excluding hydrogens is 409 g/mol. The van der Waals surface area contributed by atoms with E-state index >= 15 is 0 Å². The quantitative estimate of drug-likeness (QED) is 0.657. The van der Waals surface area contributed by atoms with Crippen LogP contribution in [-0.4, -0.2) is 56.0 Å². The third kappa shape index (κ3) is 6.21. The first-order valence-corrected chi connectivity index (χ1v) is 10.1. The van der Waals surface area contributed by atoms with Crippen LogP contribution in [0.25, 0.3) is 0 Å². The Morgan fingerprint density at radius 2 is 1.61 bits per heavy atom. The molecule has 0 unspecified atom stereocenters. The van der Waals surface area contributed by atoms with Crippen LogP contribution in [0.1, 0.15) is 32.7 Å². The molecule has 6 nitrogen and oxygen atoms in total. The van der Waals surface area contributed by atoms with Crippen LogP contribution in [0.2, 0.25) is 0 Å². The number of hydrogen-bond acceptors (Lipinski definition) is 4. The number of alkyl halides is 3. The molecule has 1 fully saturated rings. The number of halogens is 3. The van der Waals surface area contributed by atoms with E-state index in [0.29, 0.717) is 36.4 Å². The zero-order chi connectivity index (χ0) is 22.4. The van der Waals surface area contributed by atoms with Crippen molar-refractivity contribution in [1.29, 1.82) is 0 Å². The highest BCUT2D eigenvalue weighted by Gasteiger charge is 2.31. The van der Waals surface area contributed by atoms with Gasteiger partial charge < -0.3 is 16.0 Å². The molecule has 0 aliphatic carbocycles. The van der Waals surface area contributed by atoms with E-state index in [0.717, 1.165) is 32.1 Å². The standard InChI is InChI=1S/C22H25F3N4O2/c23-22(24,25)18-3-1-4-19(15-18)29-13-11-28(12-14-29)10-2-9-27-21(31)17-7-5-16(6-8-17)20(26)30/h1,3-8,15H,2,9-14H2,(H2,26,30)(H,27,31). The van der Waals surface area contributed by atoms with Gasteiger partial charge in [-0.05, 0) is 55.4 Å². The summed E-state index contributed by atoms with van der Waals surface area (Å²) >= 11 is 0. The Bertz CT molecular complexity index is 908. The van der Waals surface area contributed by atoms with Gasteiger partial charge in [0.2, 0.25) is 5.91 Å². The lowest BCUT2D eigenvalue weighted by Gasteiger charge is -2.36. The minimum Gasteiger partial charge on any atom is -0.369 e. The zero-order valence-corrected chi connectivity index (χ0v) is 17.0. The van der Waals surface area contributed by atoms with Crippen LogP contribution in [0.3, 0.4) is 0 Å². The monoisotopic (exact) mass is 434 g/mol. The predicted octanol–water partition coefficient (Wildman–Crippen LogP) is 2.75. The van der Waals surface area contributed by atoms with Gasteiger partial charge in [-0.3, -0.25) is 14.5 Å². The van der Waals surface area contributed by atoms with Crippen molar-refractivity contribution in [1.82, 2.24) is 10.2 Å². The molecule has 0 spiro atoms. The van der Waals surface area contributed by atoms with Gasteiger partial charge in [0.25, 0.3) is 5.91 Å². The van der Waals surface area contributed by atoms with Crippen LogP contribution in [0.4, 0.5) is 18.9 Å². The van der Waals surface area contributed by atoms with Gasteiger partial charge in [0.15, 0.2) is 0 Å². The number of primary amides is 1. The van der Waals surface area contributed by atoms with Gasteiger partial charge in [0.05, 0.1) is 5.56 Å². The van der Waals surface area contributed by atoms with Crippen molar-refractivity contribution < 1.29 is 22.8 Å². The number of hydrogen-bond donors (Lipinski definition) is 2. The molecular formula is C22H25F3N4O2. The van der Waals surface area contributed by atoms with E-state index in [4.69, 9.17) is 5.73 Å². The fraction of sp³-hybridized carbons (Fsp3) is 0.364. The minimum absolute atomic E-state index is 0.217. The molecule has 1 aliphatic rings. The third-order valence-electron chi connectivity index (χ3n) is 5.28. The summed E-state index contributed by atoms with van der Waals surface area (Å²) in [6.07, 6.45) is -3.58. The summed E-state index contributed by atoms with van der Waals surface area (Å²) in [5.74, 6) is -0.759. The Morgan fingerprint density at radius 3 is 2.23 bits per heavy atom. The molecule has 1 aliphatic heterocycles. The summed E-state index contributed by atoms with van der Waals surface area (Å²) in [6, 6.07) is 11.6. The highest BCUT2D eigenvalue weighted by atomic mass is 19.4. The molecule has 3 rings (SSSR count). The molecule has 1 heterocycles. The number of benzene rings is 2. The maximum absolute atomic E-state index is 12.9. The van der Waals surface area contributed by atoms with E-state index < -0.39 is 17.6 Å². The predicted molar refractivity (Wildman–Crippen MR) is 112 cm³/mol. The number of anilines is 1. The number of nitrogens with two attached hydrogens (primary N) is 1. The van der Waals surface area contributed by atoms with E-state index in [2.05, 4.69) is 10.2 Å². The maximum atomic E-state index is 12.9. The Hall–Kier alpha value is -3.07. The second-order valence-electron chi connectivity index (χ2n) is 7.43. The van der Waals surface area contributed by atoms with Crippen LogP contribution in [0.15, 0.2) is 48.5 Å². The maximum Gasteiger partial charge on any atom is 0.416 e. The largest absolute Gasteiger partial charge is 0.416 e. The van der Waals surface area contributed by atoms with Crippen molar-refractivity contribution in [2.24, 2.45) is 5.73 Å². The van der Waals surface area contributed by atoms with Gasteiger partial charge in [0, 0.05) is 49.5 Å². The van der Waals surface area contributed by atoms with Crippen LogP contribution in [0, 0.1) is 0 Å². The second-order valence-corrected chi connectivity index (χ2v) is 7.43. The van der Waals surface area contributed by atoms with Crippen molar-refractivity contribution in [2.45, 2.75) is 12.6 Å². The van der Waals surface area contributed by atoms with Crippen molar-refractivity contribution in [3.05, 3.63) is 65.2 Å². The lowest BCUT2D eigenvalue weighted by molar-refractivity contribution is -0.137. The number of rotatable bonds is 7. The summed E-state index contributed by atoms with van der Waals surface area (Å²) in [5, 5.41) is 2.84. The SMILES string of the molecule is NC(=O)c1ccc(C(=O)NCCCN2CCN(c3cccc(C(F)(F)F)c3)CC2)cc1. The molecule has 31 heavy (non-hydrogen) atoms. The topological polar surface area (TPSA) is 78.7 Å².